The monoisotopic (exact) mass is 465 g/mol. The maximum Gasteiger partial charge on any atom is 0.191 e. The summed E-state index contributed by atoms with van der Waals surface area (Å²) in [7, 11) is 4.33. The van der Waals surface area contributed by atoms with Crippen LogP contribution in [0, 0.1) is 5.92 Å². The first-order valence-corrected chi connectivity index (χ1v) is 9.52. The van der Waals surface area contributed by atoms with Crippen molar-refractivity contribution in [1.82, 2.24) is 20.5 Å². The molecule has 2 N–H and O–H groups in total. The number of nitrogens with one attached hydrogen (secondary N) is 2. The van der Waals surface area contributed by atoms with Crippen LogP contribution in [-0.4, -0.2) is 49.1 Å². The highest BCUT2D eigenvalue weighted by Crippen LogP contribution is 2.34. The molecule has 0 saturated heterocycles. The molecule has 2 rings (SSSR count). The fourth-order valence-electron chi connectivity index (χ4n) is 2.60. The second-order valence-electron chi connectivity index (χ2n) is 6.77. The smallest absolute Gasteiger partial charge is 0.191 e. The van der Waals surface area contributed by atoms with Crippen molar-refractivity contribution >= 4 is 41.3 Å². The Morgan fingerprint density at radius 2 is 2.08 bits per heavy atom. The number of guanidine groups is 1. The molecule has 138 valence electrons. The number of likely N-dealkylation sites (N-methyl/N-ethyl adjacent to an activating group) is 1. The van der Waals surface area contributed by atoms with Crippen molar-refractivity contribution < 1.29 is 0 Å². The minimum absolute atomic E-state index is 0. The Balaban J connectivity index is 0.00000288. The Bertz CT molecular complexity index is 509. The van der Waals surface area contributed by atoms with Gasteiger partial charge in [-0.05, 0) is 45.7 Å². The van der Waals surface area contributed by atoms with Crippen LogP contribution in [0.15, 0.2) is 10.4 Å². The van der Waals surface area contributed by atoms with Gasteiger partial charge in [-0.25, -0.2) is 9.98 Å². The second kappa shape index (κ2) is 10.6. The fraction of sp³-hybridized carbons (Fsp3) is 0.765. The van der Waals surface area contributed by atoms with E-state index in [-0.39, 0.29) is 24.0 Å². The SMILES string of the molecule is CCNC(=NCc1nc(C(C)C)cs1)NCC(C1CC1)N(C)C.I. The number of rotatable bonds is 8. The lowest BCUT2D eigenvalue weighted by Crippen LogP contribution is -2.46. The first kappa shape index (κ1) is 21.6. The minimum Gasteiger partial charge on any atom is -0.357 e. The fourth-order valence-corrected chi connectivity index (χ4v) is 3.48. The molecule has 1 heterocycles. The molecule has 1 aromatic rings. The van der Waals surface area contributed by atoms with Crippen LogP contribution in [0.4, 0.5) is 0 Å². The zero-order valence-corrected chi connectivity index (χ0v) is 18.6. The van der Waals surface area contributed by atoms with E-state index in [1.165, 1.54) is 18.5 Å². The van der Waals surface area contributed by atoms with Gasteiger partial charge in [-0.3, -0.25) is 0 Å². The van der Waals surface area contributed by atoms with E-state index in [2.05, 4.69) is 60.8 Å². The largest absolute Gasteiger partial charge is 0.357 e. The normalized spacial score (nSPS) is 16.2. The van der Waals surface area contributed by atoms with Crippen molar-refractivity contribution in [2.45, 2.75) is 52.1 Å². The van der Waals surface area contributed by atoms with Crippen LogP contribution in [0.3, 0.4) is 0 Å². The van der Waals surface area contributed by atoms with Gasteiger partial charge in [0.2, 0.25) is 0 Å². The molecule has 1 unspecified atom stereocenters. The summed E-state index contributed by atoms with van der Waals surface area (Å²) in [5.41, 5.74) is 1.17. The van der Waals surface area contributed by atoms with E-state index in [0.29, 0.717) is 18.5 Å². The maximum atomic E-state index is 4.69. The third kappa shape index (κ3) is 6.84. The van der Waals surface area contributed by atoms with Crippen LogP contribution >= 0.6 is 35.3 Å². The molecule has 1 saturated carbocycles. The molecule has 1 aliphatic rings. The highest BCUT2D eigenvalue weighted by atomic mass is 127. The Morgan fingerprint density at radius 1 is 1.38 bits per heavy atom. The van der Waals surface area contributed by atoms with Crippen LogP contribution < -0.4 is 10.6 Å². The number of hydrogen-bond acceptors (Lipinski definition) is 4. The molecule has 0 bridgehead atoms. The summed E-state index contributed by atoms with van der Waals surface area (Å²) in [6.07, 6.45) is 2.71. The molecule has 5 nitrogen and oxygen atoms in total. The number of hydrogen-bond donors (Lipinski definition) is 2. The van der Waals surface area contributed by atoms with E-state index in [0.717, 1.165) is 30.0 Å². The average Bonchev–Trinajstić information content (AvgIpc) is 3.21. The predicted octanol–water partition coefficient (Wildman–Crippen LogP) is 3.28. The van der Waals surface area contributed by atoms with Crippen molar-refractivity contribution in [3.63, 3.8) is 0 Å². The summed E-state index contributed by atoms with van der Waals surface area (Å²) < 4.78 is 0. The van der Waals surface area contributed by atoms with Crippen molar-refractivity contribution in [3.8, 4) is 0 Å². The number of thiazole rings is 1. The van der Waals surface area contributed by atoms with Gasteiger partial charge in [0.15, 0.2) is 5.96 Å². The summed E-state index contributed by atoms with van der Waals surface area (Å²) in [6, 6.07) is 0.589. The summed E-state index contributed by atoms with van der Waals surface area (Å²) in [5, 5.41) is 10.1. The van der Waals surface area contributed by atoms with Gasteiger partial charge < -0.3 is 15.5 Å². The van der Waals surface area contributed by atoms with E-state index in [4.69, 9.17) is 4.99 Å². The second-order valence-corrected chi connectivity index (χ2v) is 7.71. The van der Waals surface area contributed by atoms with E-state index in [9.17, 15) is 0 Å². The van der Waals surface area contributed by atoms with E-state index in [1.54, 1.807) is 11.3 Å². The van der Waals surface area contributed by atoms with Crippen molar-refractivity contribution in [2.75, 3.05) is 27.2 Å². The zero-order valence-electron chi connectivity index (χ0n) is 15.5. The van der Waals surface area contributed by atoms with Crippen LogP contribution in [0.2, 0.25) is 0 Å². The lowest BCUT2D eigenvalue weighted by Gasteiger charge is -2.25. The summed E-state index contributed by atoms with van der Waals surface area (Å²) in [5.74, 6) is 2.21. The molecule has 1 aromatic heterocycles. The molecule has 1 fully saturated rings. The highest BCUT2D eigenvalue weighted by Gasteiger charge is 2.32. The van der Waals surface area contributed by atoms with E-state index in [1.807, 2.05) is 0 Å². The third-order valence-corrected chi connectivity index (χ3v) is 5.04. The third-order valence-electron chi connectivity index (χ3n) is 4.19. The van der Waals surface area contributed by atoms with Crippen molar-refractivity contribution in [3.05, 3.63) is 16.1 Å². The highest BCUT2D eigenvalue weighted by molar-refractivity contribution is 14.0. The first-order valence-electron chi connectivity index (χ1n) is 8.64. The summed E-state index contributed by atoms with van der Waals surface area (Å²) in [6.45, 7) is 8.90. The van der Waals surface area contributed by atoms with Gasteiger partial charge in [0.25, 0.3) is 0 Å². The Labute approximate surface area is 167 Å². The van der Waals surface area contributed by atoms with Crippen LogP contribution in [0.1, 0.15) is 50.2 Å². The number of halogens is 1. The lowest BCUT2D eigenvalue weighted by molar-refractivity contribution is 0.264. The van der Waals surface area contributed by atoms with E-state index >= 15 is 0 Å². The summed E-state index contributed by atoms with van der Waals surface area (Å²) in [4.78, 5) is 11.7. The lowest BCUT2D eigenvalue weighted by atomic mass is 10.1. The Kier molecular flexibility index (Phi) is 9.51. The van der Waals surface area contributed by atoms with Gasteiger partial charge in [0, 0.05) is 24.5 Å². The molecule has 0 radical (unpaired) electrons. The van der Waals surface area contributed by atoms with Crippen LogP contribution in [-0.2, 0) is 6.54 Å². The van der Waals surface area contributed by atoms with Gasteiger partial charge in [-0.2, -0.15) is 0 Å². The van der Waals surface area contributed by atoms with Crippen LogP contribution in [0.5, 0.6) is 0 Å². The molecular weight excluding hydrogens is 433 g/mol. The first-order chi connectivity index (χ1) is 11.0. The van der Waals surface area contributed by atoms with E-state index < -0.39 is 0 Å². The van der Waals surface area contributed by atoms with Crippen LogP contribution in [0.25, 0.3) is 0 Å². The minimum atomic E-state index is 0. The van der Waals surface area contributed by atoms with Gasteiger partial charge in [0.05, 0.1) is 12.2 Å². The molecule has 1 aliphatic carbocycles. The molecular formula is C17H32IN5S. The number of aliphatic imine (C=N–C) groups is 1. The van der Waals surface area contributed by atoms with Gasteiger partial charge in [-0.15, -0.1) is 35.3 Å². The number of aromatic nitrogens is 1. The Hall–Kier alpha value is -0.410. The molecule has 24 heavy (non-hydrogen) atoms. The standard InChI is InChI=1S/C17H31N5S.HI/c1-6-18-17(19-9-15(22(4)5)13-7-8-13)20-10-16-21-14(11-23-16)12(2)3;/h11-13,15H,6-10H2,1-5H3,(H2,18,19,20);1H. The molecule has 7 heteroatoms. The van der Waals surface area contributed by atoms with Gasteiger partial charge in [-0.1, -0.05) is 13.8 Å². The average molecular weight is 465 g/mol. The molecule has 0 aromatic carbocycles. The maximum absolute atomic E-state index is 4.69. The number of nitrogens with zero attached hydrogens (tertiary/aromatic N) is 3. The molecule has 0 spiro atoms. The molecule has 0 aliphatic heterocycles. The topological polar surface area (TPSA) is 52.6 Å². The molecule has 1 atom stereocenters. The Morgan fingerprint density at radius 3 is 2.58 bits per heavy atom. The zero-order chi connectivity index (χ0) is 16.8. The summed E-state index contributed by atoms with van der Waals surface area (Å²) >= 11 is 1.70. The van der Waals surface area contributed by atoms with Crippen molar-refractivity contribution in [1.29, 1.82) is 0 Å². The van der Waals surface area contributed by atoms with Gasteiger partial charge >= 0.3 is 0 Å². The van der Waals surface area contributed by atoms with Crippen molar-refractivity contribution in [2.24, 2.45) is 10.9 Å². The molecule has 0 amide bonds. The predicted molar refractivity (Wildman–Crippen MR) is 115 cm³/mol. The quantitative estimate of drug-likeness (QED) is 0.352. The van der Waals surface area contributed by atoms with Gasteiger partial charge in [0.1, 0.15) is 5.01 Å².